The van der Waals surface area contributed by atoms with Crippen LogP contribution in [0.15, 0.2) is 36.4 Å². The first-order chi connectivity index (χ1) is 11.0. The first-order valence-electron chi connectivity index (χ1n) is 7.51. The Hall–Kier alpha value is -2.76. The van der Waals surface area contributed by atoms with Crippen LogP contribution in [0.3, 0.4) is 0 Å². The fraction of sp³-hybridized carbons (Fsp3) is 0.294. The molecule has 0 aliphatic carbocycles. The molecule has 118 valence electrons. The molecule has 0 saturated carbocycles. The highest BCUT2D eigenvalue weighted by molar-refractivity contribution is 6.03. The van der Waals surface area contributed by atoms with E-state index in [-0.39, 0.29) is 24.2 Å². The first kappa shape index (κ1) is 15.1. The minimum Gasteiger partial charge on any atom is -0.312 e. The van der Waals surface area contributed by atoms with Gasteiger partial charge in [0.05, 0.1) is 5.92 Å². The lowest BCUT2D eigenvalue weighted by Crippen LogP contribution is -2.28. The summed E-state index contributed by atoms with van der Waals surface area (Å²) in [6, 6.07) is 11.2. The van der Waals surface area contributed by atoms with Gasteiger partial charge in [-0.15, -0.1) is 0 Å². The molecule has 2 aromatic rings. The third-order valence-electron chi connectivity index (χ3n) is 3.78. The van der Waals surface area contributed by atoms with Gasteiger partial charge in [-0.2, -0.15) is 0 Å². The quantitative estimate of drug-likeness (QED) is 0.942. The molecule has 1 fully saturated rings. The van der Waals surface area contributed by atoms with Gasteiger partial charge in [0.25, 0.3) is 0 Å². The number of carbonyl (C=O) groups is 2. The lowest BCUT2D eigenvalue weighted by atomic mass is 10.1. The van der Waals surface area contributed by atoms with Crippen LogP contribution in [-0.4, -0.2) is 28.3 Å². The van der Waals surface area contributed by atoms with Crippen LogP contribution in [0, 0.1) is 19.8 Å². The molecule has 0 spiro atoms. The standard InChI is InChI=1S/C17H18N4O2/c1-11-8-12(2)19-17(18-11)20-16(23)13-9-15(22)21(10-13)14-6-4-3-5-7-14/h3-8,13H,9-10H2,1-2H3,(H,18,19,20,23)/t13-/m1/s1. The second-order valence-electron chi connectivity index (χ2n) is 5.70. The average molecular weight is 310 g/mol. The molecule has 1 aliphatic heterocycles. The van der Waals surface area contributed by atoms with Crippen molar-refractivity contribution < 1.29 is 9.59 Å². The Labute approximate surface area is 134 Å². The summed E-state index contributed by atoms with van der Waals surface area (Å²) >= 11 is 0. The van der Waals surface area contributed by atoms with E-state index in [1.54, 1.807) is 4.90 Å². The fourth-order valence-electron chi connectivity index (χ4n) is 2.73. The summed E-state index contributed by atoms with van der Waals surface area (Å²) in [5.74, 6) is -0.371. The Kier molecular flexibility index (Phi) is 4.06. The van der Waals surface area contributed by atoms with Gasteiger partial charge in [0.1, 0.15) is 0 Å². The van der Waals surface area contributed by atoms with Crippen molar-refractivity contribution in [2.75, 3.05) is 16.8 Å². The summed E-state index contributed by atoms with van der Waals surface area (Å²) in [6.45, 7) is 4.07. The number of carbonyl (C=O) groups excluding carboxylic acids is 2. The van der Waals surface area contributed by atoms with Crippen LogP contribution in [0.2, 0.25) is 0 Å². The summed E-state index contributed by atoms with van der Waals surface area (Å²) in [5, 5.41) is 2.72. The highest BCUT2D eigenvalue weighted by atomic mass is 16.2. The van der Waals surface area contributed by atoms with Gasteiger partial charge < -0.3 is 4.90 Å². The predicted octanol–water partition coefficient (Wildman–Crippen LogP) is 2.09. The molecule has 3 rings (SSSR count). The van der Waals surface area contributed by atoms with Crippen LogP contribution in [0.1, 0.15) is 17.8 Å². The number of nitrogens with one attached hydrogen (secondary N) is 1. The number of anilines is 2. The Morgan fingerprint density at radius 3 is 2.48 bits per heavy atom. The van der Waals surface area contributed by atoms with Crippen molar-refractivity contribution in [3.8, 4) is 0 Å². The molecular weight excluding hydrogens is 292 g/mol. The van der Waals surface area contributed by atoms with Crippen LogP contribution < -0.4 is 10.2 Å². The number of benzene rings is 1. The molecule has 0 radical (unpaired) electrons. The van der Waals surface area contributed by atoms with Gasteiger partial charge in [-0.1, -0.05) is 18.2 Å². The van der Waals surface area contributed by atoms with E-state index in [0.717, 1.165) is 17.1 Å². The van der Waals surface area contributed by atoms with E-state index in [0.29, 0.717) is 6.54 Å². The third kappa shape index (κ3) is 3.36. The van der Waals surface area contributed by atoms with Crippen molar-refractivity contribution in [1.82, 2.24) is 9.97 Å². The van der Waals surface area contributed by atoms with Crippen LogP contribution in [0.25, 0.3) is 0 Å². The molecule has 1 aromatic heterocycles. The van der Waals surface area contributed by atoms with Gasteiger partial charge in [0, 0.05) is 30.0 Å². The maximum absolute atomic E-state index is 12.4. The van der Waals surface area contributed by atoms with Crippen LogP contribution in [-0.2, 0) is 9.59 Å². The first-order valence-corrected chi connectivity index (χ1v) is 7.51. The SMILES string of the molecule is Cc1cc(C)nc(NC(=O)[C@@H]2CC(=O)N(c3ccccc3)C2)n1. The van der Waals surface area contributed by atoms with Gasteiger partial charge in [-0.25, -0.2) is 9.97 Å². The lowest BCUT2D eigenvalue weighted by Gasteiger charge is -2.16. The summed E-state index contributed by atoms with van der Waals surface area (Å²) in [4.78, 5) is 34.6. The highest BCUT2D eigenvalue weighted by Crippen LogP contribution is 2.25. The summed E-state index contributed by atoms with van der Waals surface area (Å²) in [6.07, 6.45) is 0.200. The monoisotopic (exact) mass is 310 g/mol. The summed E-state index contributed by atoms with van der Waals surface area (Å²) in [5.41, 5.74) is 2.40. The Bertz CT molecular complexity index is 725. The smallest absolute Gasteiger partial charge is 0.232 e. The van der Waals surface area contributed by atoms with Crippen molar-refractivity contribution in [3.63, 3.8) is 0 Å². The summed E-state index contributed by atoms with van der Waals surface area (Å²) in [7, 11) is 0. The van der Waals surface area contributed by atoms with E-state index in [1.165, 1.54) is 0 Å². The number of hydrogen-bond donors (Lipinski definition) is 1. The zero-order valence-corrected chi connectivity index (χ0v) is 13.1. The van der Waals surface area contributed by atoms with Crippen LogP contribution in [0.4, 0.5) is 11.6 Å². The number of rotatable bonds is 3. The second-order valence-corrected chi connectivity index (χ2v) is 5.70. The molecule has 1 aromatic carbocycles. The maximum Gasteiger partial charge on any atom is 0.232 e. The van der Waals surface area contributed by atoms with E-state index >= 15 is 0 Å². The van der Waals surface area contributed by atoms with Gasteiger partial charge in [-0.05, 0) is 32.0 Å². The largest absolute Gasteiger partial charge is 0.312 e. The molecular formula is C17H18N4O2. The topological polar surface area (TPSA) is 75.2 Å². The number of hydrogen-bond acceptors (Lipinski definition) is 4. The molecule has 0 unspecified atom stereocenters. The number of para-hydroxylation sites is 1. The number of nitrogens with zero attached hydrogens (tertiary/aromatic N) is 3. The molecule has 0 bridgehead atoms. The highest BCUT2D eigenvalue weighted by Gasteiger charge is 2.35. The molecule has 2 amide bonds. The maximum atomic E-state index is 12.4. The van der Waals surface area contributed by atoms with Crippen molar-refractivity contribution in [2.45, 2.75) is 20.3 Å². The van der Waals surface area contributed by atoms with Crippen molar-refractivity contribution in [3.05, 3.63) is 47.8 Å². The van der Waals surface area contributed by atoms with E-state index in [9.17, 15) is 9.59 Å². The van der Waals surface area contributed by atoms with E-state index in [2.05, 4.69) is 15.3 Å². The van der Waals surface area contributed by atoms with Crippen molar-refractivity contribution in [1.29, 1.82) is 0 Å². The Morgan fingerprint density at radius 2 is 1.83 bits per heavy atom. The average Bonchev–Trinajstić information content (AvgIpc) is 2.89. The van der Waals surface area contributed by atoms with Gasteiger partial charge in [0.2, 0.25) is 17.8 Å². The molecule has 1 saturated heterocycles. The molecule has 2 heterocycles. The zero-order valence-electron chi connectivity index (χ0n) is 13.1. The van der Waals surface area contributed by atoms with E-state index < -0.39 is 5.92 Å². The predicted molar refractivity (Wildman–Crippen MR) is 87.0 cm³/mol. The Morgan fingerprint density at radius 1 is 1.17 bits per heavy atom. The Balaban J connectivity index is 1.70. The molecule has 1 aliphatic rings. The zero-order chi connectivity index (χ0) is 16.4. The fourth-order valence-corrected chi connectivity index (χ4v) is 2.73. The third-order valence-corrected chi connectivity index (χ3v) is 3.78. The van der Waals surface area contributed by atoms with Crippen molar-refractivity contribution >= 4 is 23.5 Å². The van der Waals surface area contributed by atoms with Crippen molar-refractivity contribution in [2.24, 2.45) is 5.92 Å². The minimum absolute atomic E-state index is 0.0438. The van der Waals surface area contributed by atoms with E-state index in [4.69, 9.17) is 0 Å². The molecule has 6 nitrogen and oxygen atoms in total. The lowest BCUT2D eigenvalue weighted by molar-refractivity contribution is -0.122. The number of aryl methyl sites for hydroxylation is 2. The number of aromatic nitrogens is 2. The van der Waals surface area contributed by atoms with Gasteiger partial charge >= 0.3 is 0 Å². The van der Waals surface area contributed by atoms with Crippen LogP contribution >= 0.6 is 0 Å². The number of amides is 2. The minimum atomic E-state index is -0.396. The summed E-state index contributed by atoms with van der Waals surface area (Å²) < 4.78 is 0. The molecule has 1 atom stereocenters. The van der Waals surface area contributed by atoms with Gasteiger partial charge in [-0.3, -0.25) is 14.9 Å². The normalized spacial score (nSPS) is 17.4. The van der Waals surface area contributed by atoms with Gasteiger partial charge in [0.15, 0.2) is 0 Å². The van der Waals surface area contributed by atoms with E-state index in [1.807, 2.05) is 50.2 Å². The van der Waals surface area contributed by atoms with Crippen LogP contribution in [0.5, 0.6) is 0 Å². The molecule has 23 heavy (non-hydrogen) atoms. The molecule has 1 N–H and O–H groups in total. The second kappa shape index (κ2) is 6.16. The molecule has 6 heteroatoms.